The second-order valence-electron chi connectivity index (χ2n) is 3.32. The molecule has 0 heterocycles. The zero-order valence-electron chi connectivity index (χ0n) is 9.06. The minimum absolute atomic E-state index is 0.143. The maximum atomic E-state index is 10.7. The number of carboxylic acid groups (broad SMARTS) is 1. The minimum Gasteiger partial charge on any atom is -0.478 e. The number of aromatic carboxylic acids is 1. The van der Waals surface area contributed by atoms with Crippen molar-refractivity contribution in [2.45, 2.75) is 0 Å². The van der Waals surface area contributed by atoms with Gasteiger partial charge in [-0.2, -0.15) is 0 Å². The predicted molar refractivity (Wildman–Crippen MR) is 63.9 cm³/mol. The van der Waals surface area contributed by atoms with Gasteiger partial charge in [-0.3, -0.25) is 0 Å². The number of amides is 2. The SMILES string of the molecule is NC(=O)NCCNc1cc(C(=O)O)ccc1N. The monoisotopic (exact) mass is 238 g/mol. The first-order valence-corrected chi connectivity index (χ1v) is 4.90. The highest BCUT2D eigenvalue weighted by atomic mass is 16.4. The van der Waals surface area contributed by atoms with Gasteiger partial charge in [-0.1, -0.05) is 0 Å². The summed E-state index contributed by atoms with van der Waals surface area (Å²) >= 11 is 0. The lowest BCUT2D eigenvalue weighted by Gasteiger charge is -2.10. The molecular formula is C10H14N4O3. The van der Waals surface area contributed by atoms with E-state index < -0.39 is 12.0 Å². The molecule has 1 aromatic carbocycles. The van der Waals surface area contributed by atoms with Crippen molar-refractivity contribution in [1.82, 2.24) is 5.32 Å². The van der Waals surface area contributed by atoms with Gasteiger partial charge in [0, 0.05) is 13.1 Å². The van der Waals surface area contributed by atoms with E-state index in [1.54, 1.807) is 0 Å². The highest BCUT2D eigenvalue weighted by molar-refractivity contribution is 5.90. The van der Waals surface area contributed by atoms with Gasteiger partial charge in [0.05, 0.1) is 16.9 Å². The van der Waals surface area contributed by atoms with Crippen LogP contribution in [0.25, 0.3) is 0 Å². The van der Waals surface area contributed by atoms with E-state index in [0.717, 1.165) is 0 Å². The third kappa shape index (κ3) is 3.90. The topological polar surface area (TPSA) is 130 Å². The molecule has 0 atom stereocenters. The Labute approximate surface area is 97.8 Å². The van der Waals surface area contributed by atoms with Gasteiger partial charge >= 0.3 is 12.0 Å². The first kappa shape index (κ1) is 12.6. The van der Waals surface area contributed by atoms with E-state index >= 15 is 0 Å². The van der Waals surface area contributed by atoms with Crippen LogP contribution in [0.5, 0.6) is 0 Å². The summed E-state index contributed by atoms with van der Waals surface area (Å²) in [7, 11) is 0. The maximum absolute atomic E-state index is 10.7. The summed E-state index contributed by atoms with van der Waals surface area (Å²) in [6.45, 7) is 0.724. The van der Waals surface area contributed by atoms with Gasteiger partial charge in [0.25, 0.3) is 0 Å². The molecule has 1 rings (SSSR count). The lowest BCUT2D eigenvalue weighted by Crippen LogP contribution is -2.33. The number of primary amides is 1. The zero-order valence-corrected chi connectivity index (χ0v) is 9.06. The van der Waals surface area contributed by atoms with Crippen LogP contribution < -0.4 is 22.1 Å². The summed E-state index contributed by atoms with van der Waals surface area (Å²) in [5.74, 6) is -1.02. The fourth-order valence-corrected chi connectivity index (χ4v) is 1.23. The normalized spacial score (nSPS) is 9.65. The molecule has 0 saturated heterocycles. The third-order valence-electron chi connectivity index (χ3n) is 2.04. The van der Waals surface area contributed by atoms with Crippen molar-refractivity contribution in [2.24, 2.45) is 5.73 Å². The number of nitrogens with two attached hydrogens (primary N) is 2. The molecule has 0 spiro atoms. The van der Waals surface area contributed by atoms with Crippen molar-refractivity contribution in [3.05, 3.63) is 23.8 Å². The van der Waals surface area contributed by atoms with E-state index in [4.69, 9.17) is 16.6 Å². The van der Waals surface area contributed by atoms with Crippen LogP contribution in [-0.4, -0.2) is 30.2 Å². The molecule has 0 bridgehead atoms. The second kappa shape index (κ2) is 5.59. The summed E-state index contributed by atoms with van der Waals surface area (Å²) < 4.78 is 0. The molecule has 1 aromatic rings. The first-order chi connectivity index (χ1) is 8.00. The average Bonchev–Trinajstić information content (AvgIpc) is 2.25. The number of nitrogen functional groups attached to an aromatic ring is 1. The number of benzene rings is 1. The number of urea groups is 1. The minimum atomic E-state index is -1.02. The van der Waals surface area contributed by atoms with Gasteiger partial charge in [-0.25, -0.2) is 9.59 Å². The number of hydrogen-bond donors (Lipinski definition) is 5. The van der Waals surface area contributed by atoms with Gasteiger partial charge in [-0.05, 0) is 18.2 Å². The Kier molecular flexibility index (Phi) is 4.15. The molecule has 0 aliphatic carbocycles. The first-order valence-electron chi connectivity index (χ1n) is 4.90. The Bertz CT molecular complexity index is 434. The lowest BCUT2D eigenvalue weighted by atomic mass is 10.1. The van der Waals surface area contributed by atoms with Gasteiger partial charge in [0.15, 0.2) is 0 Å². The molecule has 7 N–H and O–H groups in total. The summed E-state index contributed by atoms with van der Waals surface area (Å²) in [5, 5.41) is 14.1. The molecule has 0 aromatic heterocycles. The van der Waals surface area contributed by atoms with Gasteiger partial charge in [-0.15, -0.1) is 0 Å². The number of carbonyl (C=O) groups is 2. The van der Waals surface area contributed by atoms with E-state index in [2.05, 4.69) is 10.6 Å². The Balaban J connectivity index is 2.60. The molecule has 2 amide bonds. The molecule has 0 saturated carbocycles. The number of nitrogens with one attached hydrogen (secondary N) is 2. The van der Waals surface area contributed by atoms with Crippen molar-refractivity contribution in [1.29, 1.82) is 0 Å². The molecular weight excluding hydrogens is 224 g/mol. The van der Waals surface area contributed by atoms with E-state index in [0.29, 0.717) is 24.5 Å². The number of carboxylic acids is 1. The molecule has 17 heavy (non-hydrogen) atoms. The van der Waals surface area contributed by atoms with E-state index in [9.17, 15) is 9.59 Å². The van der Waals surface area contributed by atoms with Crippen LogP contribution in [0.1, 0.15) is 10.4 Å². The van der Waals surface area contributed by atoms with Crippen molar-refractivity contribution < 1.29 is 14.7 Å². The van der Waals surface area contributed by atoms with Crippen LogP contribution in [0.2, 0.25) is 0 Å². The molecule has 7 nitrogen and oxygen atoms in total. The standard InChI is InChI=1S/C10H14N4O3/c11-7-2-1-6(9(15)16)5-8(7)13-3-4-14-10(12)17/h1-2,5,13H,3-4,11H2,(H,15,16)(H3,12,14,17). The number of carbonyl (C=O) groups excluding carboxylic acids is 1. The average molecular weight is 238 g/mol. The van der Waals surface area contributed by atoms with E-state index in [1.165, 1.54) is 18.2 Å². The molecule has 0 aliphatic rings. The molecule has 92 valence electrons. The Hall–Kier alpha value is -2.44. The van der Waals surface area contributed by atoms with Crippen LogP contribution in [0.3, 0.4) is 0 Å². The highest BCUT2D eigenvalue weighted by Gasteiger charge is 2.06. The summed E-state index contributed by atoms with van der Waals surface area (Å²) in [6, 6.07) is 3.75. The van der Waals surface area contributed by atoms with Crippen molar-refractivity contribution >= 4 is 23.4 Å². The number of rotatable bonds is 5. The fourth-order valence-electron chi connectivity index (χ4n) is 1.23. The smallest absolute Gasteiger partial charge is 0.335 e. The van der Waals surface area contributed by atoms with Crippen LogP contribution in [0.4, 0.5) is 16.2 Å². The van der Waals surface area contributed by atoms with E-state index in [1.807, 2.05) is 0 Å². The molecule has 0 unspecified atom stereocenters. The zero-order chi connectivity index (χ0) is 12.8. The Morgan fingerprint density at radius 1 is 1.29 bits per heavy atom. The van der Waals surface area contributed by atoms with Crippen LogP contribution >= 0.6 is 0 Å². The van der Waals surface area contributed by atoms with E-state index in [-0.39, 0.29) is 5.56 Å². The fraction of sp³-hybridized carbons (Fsp3) is 0.200. The highest BCUT2D eigenvalue weighted by Crippen LogP contribution is 2.19. The van der Waals surface area contributed by atoms with Gasteiger partial charge in [0.1, 0.15) is 0 Å². The Morgan fingerprint density at radius 3 is 2.59 bits per heavy atom. The maximum Gasteiger partial charge on any atom is 0.335 e. The van der Waals surface area contributed by atoms with Crippen molar-refractivity contribution in [3.8, 4) is 0 Å². The number of anilines is 2. The van der Waals surface area contributed by atoms with Gasteiger partial charge < -0.3 is 27.2 Å². The molecule has 7 heteroatoms. The van der Waals surface area contributed by atoms with Crippen LogP contribution in [0, 0.1) is 0 Å². The van der Waals surface area contributed by atoms with Crippen molar-refractivity contribution in [2.75, 3.05) is 24.1 Å². The van der Waals surface area contributed by atoms with Crippen LogP contribution in [-0.2, 0) is 0 Å². The second-order valence-corrected chi connectivity index (χ2v) is 3.32. The summed E-state index contributed by atoms with van der Waals surface area (Å²) in [5.41, 5.74) is 11.6. The Morgan fingerprint density at radius 2 is 2.00 bits per heavy atom. The predicted octanol–water partition coefficient (Wildman–Crippen LogP) is 0.0472. The van der Waals surface area contributed by atoms with Crippen molar-refractivity contribution in [3.63, 3.8) is 0 Å². The largest absolute Gasteiger partial charge is 0.478 e. The third-order valence-corrected chi connectivity index (χ3v) is 2.04. The molecule has 0 aliphatic heterocycles. The van der Waals surface area contributed by atoms with Gasteiger partial charge in [0.2, 0.25) is 0 Å². The molecule has 0 fully saturated rings. The molecule has 0 radical (unpaired) electrons. The summed E-state index contributed by atoms with van der Waals surface area (Å²) in [6.07, 6.45) is 0. The summed E-state index contributed by atoms with van der Waals surface area (Å²) in [4.78, 5) is 21.1. The lowest BCUT2D eigenvalue weighted by molar-refractivity contribution is 0.0697. The quantitative estimate of drug-likeness (QED) is 0.365. The number of hydrogen-bond acceptors (Lipinski definition) is 4. The van der Waals surface area contributed by atoms with Crippen LogP contribution in [0.15, 0.2) is 18.2 Å².